The van der Waals surface area contributed by atoms with E-state index in [4.69, 9.17) is 4.74 Å². The van der Waals surface area contributed by atoms with Crippen LogP contribution >= 0.6 is 0 Å². The normalized spacial score (nSPS) is 12.5. The van der Waals surface area contributed by atoms with Gasteiger partial charge in [0.1, 0.15) is 17.4 Å². The molecule has 1 atom stereocenters. The monoisotopic (exact) mass is 243 g/mol. The highest BCUT2D eigenvalue weighted by atomic mass is 19.1. The maximum absolute atomic E-state index is 13.8. The molecule has 17 heavy (non-hydrogen) atoms. The molecule has 1 aromatic rings. The van der Waals surface area contributed by atoms with Crippen molar-refractivity contribution in [1.29, 1.82) is 0 Å². The summed E-state index contributed by atoms with van der Waals surface area (Å²) in [5, 5.41) is 3.10. The quantitative estimate of drug-likeness (QED) is 0.826. The van der Waals surface area contributed by atoms with Crippen molar-refractivity contribution in [2.75, 3.05) is 13.7 Å². The Kier molecular flexibility index (Phi) is 5.35. The summed E-state index contributed by atoms with van der Waals surface area (Å²) in [5.74, 6) is -0.905. The molecule has 0 amide bonds. The smallest absolute Gasteiger partial charge is 0.134 e. The van der Waals surface area contributed by atoms with Crippen molar-refractivity contribution in [2.24, 2.45) is 0 Å². The molecule has 1 rings (SSSR count). The van der Waals surface area contributed by atoms with Crippen LogP contribution in [0, 0.1) is 11.6 Å². The van der Waals surface area contributed by atoms with Crippen molar-refractivity contribution in [2.45, 2.75) is 32.7 Å². The van der Waals surface area contributed by atoms with Gasteiger partial charge in [-0.1, -0.05) is 20.3 Å². The number of hydrogen-bond acceptors (Lipinski definition) is 2. The number of nitrogens with one attached hydrogen (secondary N) is 1. The van der Waals surface area contributed by atoms with E-state index in [1.165, 1.54) is 19.2 Å². The molecular formula is C13H19F2NO. The van der Waals surface area contributed by atoms with E-state index in [1.54, 1.807) is 0 Å². The lowest BCUT2D eigenvalue weighted by atomic mass is 10.0. The molecule has 1 N–H and O–H groups in total. The van der Waals surface area contributed by atoms with Crippen LogP contribution in [0.3, 0.4) is 0 Å². The zero-order valence-corrected chi connectivity index (χ0v) is 10.5. The minimum absolute atomic E-state index is 0.106. The number of ether oxygens (including phenoxy) is 1. The minimum atomic E-state index is -0.554. The number of hydrogen-bond donors (Lipinski definition) is 1. The number of rotatable bonds is 6. The molecule has 0 bridgehead atoms. The van der Waals surface area contributed by atoms with E-state index in [0.29, 0.717) is 13.0 Å². The van der Waals surface area contributed by atoms with Crippen LogP contribution in [0.5, 0.6) is 5.75 Å². The molecule has 0 saturated carbocycles. The molecule has 0 aliphatic carbocycles. The lowest BCUT2D eigenvalue weighted by Crippen LogP contribution is -2.23. The van der Waals surface area contributed by atoms with Gasteiger partial charge in [0.15, 0.2) is 0 Å². The summed E-state index contributed by atoms with van der Waals surface area (Å²) in [7, 11) is 1.39. The topological polar surface area (TPSA) is 21.3 Å². The van der Waals surface area contributed by atoms with Crippen LogP contribution in [-0.2, 0) is 0 Å². The lowest BCUT2D eigenvalue weighted by molar-refractivity contribution is 0.398. The van der Waals surface area contributed by atoms with Gasteiger partial charge in [-0.15, -0.1) is 0 Å². The second-order valence-electron chi connectivity index (χ2n) is 3.90. The molecule has 0 spiro atoms. The fraction of sp³-hybridized carbons (Fsp3) is 0.538. The molecule has 0 aliphatic rings. The third kappa shape index (κ3) is 3.40. The van der Waals surface area contributed by atoms with Gasteiger partial charge < -0.3 is 10.1 Å². The molecule has 1 unspecified atom stereocenters. The second kappa shape index (κ2) is 6.55. The molecule has 1 aromatic carbocycles. The summed E-state index contributed by atoms with van der Waals surface area (Å²) in [4.78, 5) is 0. The van der Waals surface area contributed by atoms with Crippen molar-refractivity contribution < 1.29 is 13.5 Å². The minimum Gasteiger partial charge on any atom is -0.497 e. The van der Waals surface area contributed by atoms with Crippen LogP contribution in [0.25, 0.3) is 0 Å². The molecule has 0 aliphatic heterocycles. The van der Waals surface area contributed by atoms with Crippen molar-refractivity contribution in [1.82, 2.24) is 5.32 Å². The van der Waals surface area contributed by atoms with E-state index < -0.39 is 11.6 Å². The molecular weight excluding hydrogens is 224 g/mol. The van der Waals surface area contributed by atoms with Crippen LogP contribution in [0.15, 0.2) is 12.1 Å². The van der Waals surface area contributed by atoms with E-state index in [9.17, 15) is 8.78 Å². The van der Waals surface area contributed by atoms with Gasteiger partial charge in [-0.25, -0.2) is 8.78 Å². The highest BCUT2D eigenvalue weighted by Crippen LogP contribution is 2.28. The molecule has 4 heteroatoms. The van der Waals surface area contributed by atoms with Gasteiger partial charge in [0.25, 0.3) is 0 Å². The Morgan fingerprint density at radius 3 is 2.24 bits per heavy atom. The Labute approximate surface area is 101 Å². The van der Waals surface area contributed by atoms with Crippen LogP contribution < -0.4 is 10.1 Å². The van der Waals surface area contributed by atoms with Gasteiger partial charge in [0, 0.05) is 23.7 Å². The summed E-state index contributed by atoms with van der Waals surface area (Å²) in [5.41, 5.74) is 0.106. The zero-order chi connectivity index (χ0) is 12.8. The molecule has 96 valence electrons. The first kappa shape index (κ1) is 13.9. The number of halogens is 2. The highest BCUT2D eigenvalue weighted by Gasteiger charge is 2.20. The largest absolute Gasteiger partial charge is 0.497 e. The van der Waals surface area contributed by atoms with Gasteiger partial charge >= 0.3 is 0 Å². The van der Waals surface area contributed by atoms with Crippen molar-refractivity contribution in [3.05, 3.63) is 29.3 Å². The van der Waals surface area contributed by atoms with Gasteiger partial charge in [-0.05, 0) is 13.0 Å². The maximum Gasteiger partial charge on any atom is 0.134 e. The Morgan fingerprint density at radius 2 is 1.82 bits per heavy atom. The SMILES string of the molecule is CCCC(NCC)c1c(F)cc(OC)cc1F. The predicted molar refractivity (Wildman–Crippen MR) is 64.2 cm³/mol. The second-order valence-corrected chi connectivity index (χ2v) is 3.90. The fourth-order valence-electron chi connectivity index (χ4n) is 1.90. The van der Waals surface area contributed by atoms with Crippen LogP contribution in [-0.4, -0.2) is 13.7 Å². The summed E-state index contributed by atoms with van der Waals surface area (Å²) < 4.78 is 32.5. The van der Waals surface area contributed by atoms with Crippen molar-refractivity contribution in [3.63, 3.8) is 0 Å². The van der Waals surface area contributed by atoms with Gasteiger partial charge in [0.2, 0.25) is 0 Å². The van der Waals surface area contributed by atoms with Gasteiger partial charge in [-0.2, -0.15) is 0 Å². The highest BCUT2D eigenvalue weighted by molar-refractivity contribution is 5.32. The van der Waals surface area contributed by atoms with E-state index in [-0.39, 0.29) is 17.4 Å². The van der Waals surface area contributed by atoms with Gasteiger partial charge in [-0.3, -0.25) is 0 Å². The third-order valence-corrected chi connectivity index (χ3v) is 2.66. The summed E-state index contributed by atoms with van der Waals surface area (Å²) >= 11 is 0. The summed E-state index contributed by atoms with van der Waals surface area (Å²) in [6, 6.07) is 2.16. The first-order chi connectivity index (χ1) is 8.13. The van der Waals surface area contributed by atoms with Crippen LogP contribution in [0.1, 0.15) is 38.3 Å². The van der Waals surface area contributed by atoms with E-state index in [0.717, 1.165) is 6.42 Å². The number of methoxy groups -OCH3 is 1. The zero-order valence-electron chi connectivity index (χ0n) is 10.5. The lowest BCUT2D eigenvalue weighted by Gasteiger charge is -2.19. The predicted octanol–water partition coefficient (Wildman–Crippen LogP) is 3.42. The summed E-state index contributed by atoms with van der Waals surface area (Å²) in [6.45, 7) is 4.58. The Bertz CT molecular complexity index is 339. The first-order valence-electron chi connectivity index (χ1n) is 5.90. The fourth-order valence-corrected chi connectivity index (χ4v) is 1.90. The molecule has 0 fully saturated rings. The third-order valence-electron chi connectivity index (χ3n) is 2.66. The Hall–Kier alpha value is -1.16. The molecule has 2 nitrogen and oxygen atoms in total. The van der Waals surface area contributed by atoms with Gasteiger partial charge in [0.05, 0.1) is 7.11 Å². The first-order valence-corrected chi connectivity index (χ1v) is 5.90. The maximum atomic E-state index is 13.8. The van der Waals surface area contributed by atoms with E-state index in [2.05, 4.69) is 5.32 Å². The summed E-state index contributed by atoms with van der Waals surface area (Å²) in [6.07, 6.45) is 1.57. The molecule has 0 radical (unpaired) electrons. The average molecular weight is 243 g/mol. The molecule has 0 saturated heterocycles. The van der Waals surface area contributed by atoms with Crippen LogP contribution in [0.4, 0.5) is 8.78 Å². The average Bonchev–Trinajstić information content (AvgIpc) is 2.28. The standard InChI is InChI=1S/C13H19F2NO/c1-4-6-12(16-5-2)13-10(14)7-9(17-3)8-11(13)15/h7-8,12,16H,4-6H2,1-3H3. The van der Waals surface area contributed by atoms with E-state index in [1.807, 2.05) is 13.8 Å². The number of benzene rings is 1. The Balaban J connectivity index is 3.09. The van der Waals surface area contributed by atoms with E-state index >= 15 is 0 Å². The van der Waals surface area contributed by atoms with Crippen LogP contribution in [0.2, 0.25) is 0 Å². The Morgan fingerprint density at radius 1 is 1.24 bits per heavy atom. The van der Waals surface area contributed by atoms with Crippen molar-refractivity contribution >= 4 is 0 Å². The molecule has 0 heterocycles. The molecule has 0 aromatic heterocycles. The van der Waals surface area contributed by atoms with Crippen molar-refractivity contribution in [3.8, 4) is 5.75 Å².